The maximum absolute atomic E-state index is 12.2. The first-order chi connectivity index (χ1) is 9.08. The molecule has 1 fully saturated rings. The highest BCUT2D eigenvalue weighted by atomic mass is 16.2. The van der Waals surface area contributed by atoms with Gasteiger partial charge >= 0.3 is 0 Å². The number of nitrogens with zero attached hydrogens (tertiary/aromatic N) is 4. The quantitative estimate of drug-likeness (QED) is 0.890. The van der Waals surface area contributed by atoms with Crippen molar-refractivity contribution >= 4 is 11.9 Å². The first-order valence-corrected chi connectivity index (χ1v) is 7.01. The maximum atomic E-state index is 12.2. The van der Waals surface area contributed by atoms with Gasteiger partial charge in [0.25, 0.3) is 0 Å². The second-order valence-corrected chi connectivity index (χ2v) is 5.39. The number of hydrogen-bond donors (Lipinski definition) is 1. The molecule has 1 amide bonds. The van der Waals surface area contributed by atoms with Gasteiger partial charge in [0.05, 0.1) is 0 Å². The lowest BCUT2D eigenvalue weighted by Crippen LogP contribution is -2.44. The number of nitrogen functional groups attached to an aromatic ring is 1. The molecule has 0 spiro atoms. The molecule has 2 rings (SSSR count). The fourth-order valence-electron chi connectivity index (χ4n) is 2.81. The third-order valence-electron chi connectivity index (χ3n) is 4.53. The third-order valence-corrected chi connectivity index (χ3v) is 4.53. The monoisotopic (exact) mass is 265 g/mol. The summed E-state index contributed by atoms with van der Waals surface area (Å²) >= 11 is 0. The molecule has 1 saturated heterocycles. The number of piperidine rings is 1. The molecule has 1 aliphatic heterocycles. The highest BCUT2D eigenvalue weighted by Gasteiger charge is 2.32. The van der Waals surface area contributed by atoms with Gasteiger partial charge in [0.2, 0.25) is 11.9 Å². The van der Waals surface area contributed by atoms with Gasteiger partial charge in [0.15, 0.2) is 0 Å². The molecular weight excluding hydrogens is 242 g/mol. The normalized spacial score (nSPS) is 18.5. The number of amides is 1. The van der Waals surface area contributed by atoms with Crippen LogP contribution in [-0.4, -0.2) is 38.7 Å². The SMILES string of the molecule is CCC1(CC)CCN(C(=O)Cn2cnc(N)n2)CC1. The molecule has 19 heavy (non-hydrogen) atoms. The molecule has 0 aromatic carbocycles. The molecule has 6 nitrogen and oxygen atoms in total. The van der Waals surface area contributed by atoms with Crippen LogP contribution in [-0.2, 0) is 11.3 Å². The van der Waals surface area contributed by atoms with Gasteiger partial charge in [-0.3, -0.25) is 4.79 Å². The van der Waals surface area contributed by atoms with Crippen molar-refractivity contribution in [2.24, 2.45) is 5.41 Å². The van der Waals surface area contributed by atoms with Crippen LogP contribution in [0.5, 0.6) is 0 Å². The van der Waals surface area contributed by atoms with Crippen molar-refractivity contribution < 1.29 is 4.79 Å². The number of likely N-dealkylation sites (tertiary alicyclic amines) is 1. The summed E-state index contributed by atoms with van der Waals surface area (Å²) < 4.78 is 1.50. The Kier molecular flexibility index (Phi) is 4.07. The average Bonchev–Trinajstić information content (AvgIpc) is 2.84. The number of rotatable bonds is 4. The summed E-state index contributed by atoms with van der Waals surface area (Å²) in [5.41, 5.74) is 5.88. The van der Waals surface area contributed by atoms with Crippen LogP contribution in [0.2, 0.25) is 0 Å². The van der Waals surface area contributed by atoms with Crippen molar-refractivity contribution in [1.29, 1.82) is 0 Å². The van der Waals surface area contributed by atoms with E-state index in [1.807, 2.05) is 4.90 Å². The second kappa shape index (κ2) is 5.59. The Hall–Kier alpha value is -1.59. The molecule has 2 N–H and O–H groups in total. The van der Waals surface area contributed by atoms with Crippen molar-refractivity contribution in [2.75, 3.05) is 18.8 Å². The van der Waals surface area contributed by atoms with Crippen LogP contribution in [0.15, 0.2) is 6.33 Å². The predicted molar refractivity (Wildman–Crippen MR) is 73.3 cm³/mol. The summed E-state index contributed by atoms with van der Waals surface area (Å²) in [6, 6.07) is 0. The van der Waals surface area contributed by atoms with Crippen LogP contribution in [0.3, 0.4) is 0 Å². The van der Waals surface area contributed by atoms with Gasteiger partial charge in [0.1, 0.15) is 12.9 Å². The van der Waals surface area contributed by atoms with Crippen molar-refractivity contribution in [3.05, 3.63) is 6.33 Å². The Morgan fingerprint density at radius 1 is 1.37 bits per heavy atom. The number of carbonyl (C=O) groups excluding carboxylic acids is 1. The number of anilines is 1. The van der Waals surface area contributed by atoms with Crippen LogP contribution < -0.4 is 5.73 Å². The van der Waals surface area contributed by atoms with E-state index in [0.717, 1.165) is 25.9 Å². The van der Waals surface area contributed by atoms with Gasteiger partial charge in [-0.05, 0) is 18.3 Å². The first kappa shape index (κ1) is 13.8. The summed E-state index contributed by atoms with van der Waals surface area (Å²) in [5, 5.41) is 3.94. The van der Waals surface area contributed by atoms with Gasteiger partial charge in [-0.2, -0.15) is 0 Å². The number of hydrogen-bond acceptors (Lipinski definition) is 4. The molecule has 0 unspecified atom stereocenters. The molecule has 1 aromatic rings. The standard InChI is InChI=1S/C13H23N5O/c1-3-13(4-2)5-7-17(8-6-13)11(19)9-18-10-15-12(14)16-18/h10H,3-9H2,1-2H3,(H2,14,16). The lowest BCUT2D eigenvalue weighted by Gasteiger charge is -2.41. The summed E-state index contributed by atoms with van der Waals surface area (Å²) in [6.45, 7) is 6.43. The molecular formula is C13H23N5O. The summed E-state index contributed by atoms with van der Waals surface area (Å²) in [6.07, 6.45) is 6.10. The highest BCUT2D eigenvalue weighted by Crippen LogP contribution is 2.37. The zero-order valence-corrected chi connectivity index (χ0v) is 11.8. The topological polar surface area (TPSA) is 77.0 Å². The molecule has 6 heteroatoms. The van der Waals surface area contributed by atoms with E-state index in [0.29, 0.717) is 5.41 Å². The minimum atomic E-state index is 0.103. The molecule has 0 radical (unpaired) electrons. The molecule has 0 saturated carbocycles. The first-order valence-electron chi connectivity index (χ1n) is 7.01. The Morgan fingerprint density at radius 2 is 2.00 bits per heavy atom. The van der Waals surface area contributed by atoms with Crippen LogP contribution in [0.4, 0.5) is 5.95 Å². The predicted octanol–water partition coefficient (Wildman–Crippen LogP) is 1.29. The zero-order valence-electron chi connectivity index (χ0n) is 11.8. The molecule has 106 valence electrons. The van der Waals surface area contributed by atoms with Crippen molar-refractivity contribution in [3.63, 3.8) is 0 Å². The van der Waals surface area contributed by atoms with Gasteiger partial charge < -0.3 is 10.6 Å². The maximum Gasteiger partial charge on any atom is 0.244 e. The van der Waals surface area contributed by atoms with Crippen molar-refractivity contribution in [3.8, 4) is 0 Å². The average molecular weight is 265 g/mol. The molecule has 0 aliphatic carbocycles. The molecule has 1 aliphatic rings. The summed E-state index contributed by atoms with van der Waals surface area (Å²) in [4.78, 5) is 17.9. The van der Waals surface area contributed by atoms with Gasteiger partial charge in [0, 0.05) is 13.1 Å². The Morgan fingerprint density at radius 3 is 2.47 bits per heavy atom. The lowest BCUT2D eigenvalue weighted by molar-refractivity contribution is -0.134. The van der Waals surface area contributed by atoms with Crippen LogP contribution in [0.25, 0.3) is 0 Å². The van der Waals surface area contributed by atoms with E-state index in [1.165, 1.54) is 23.9 Å². The van der Waals surface area contributed by atoms with Gasteiger partial charge in [-0.25, -0.2) is 9.67 Å². The van der Waals surface area contributed by atoms with E-state index in [2.05, 4.69) is 23.9 Å². The lowest BCUT2D eigenvalue weighted by atomic mass is 9.74. The van der Waals surface area contributed by atoms with E-state index >= 15 is 0 Å². The largest absolute Gasteiger partial charge is 0.367 e. The third kappa shape index (κ3) is 3.05. The fourth-order valence-corrected chi connectivity index (χ4v) is 2.81. The highest BCUT2D eigenvalue weighted by molar-refractivity contribution is 5.76. The number of carbonyl (C=O) groups is 1. The van der Waals surface area contributed by atoms with E-state index in [1.54, 1.807) is 0 Å². The fraction of sp³-hybridized carbons (Fsp3) is 0.769. The minimum Gasteiger partial charge on any atom is -0.367 e. The minimum absolute atomic E-state index is 0.103. The molecule has 1 aromatic heterocycles. The van der Waals surface area contributed by atoms with E-state index in [4.69, 9.17) is 5.73 Å². The zero-order chi connectivity index (χ0) is 13.9. The van der Waals surface area contributed by atoms with Gasteiger partial charge in [-0.15, -0.1) is 5.10 Å². The Bertz CT molecular complexity index is 428. The van der Waals surface area contributed by atoms with Crippen LogP contribution >= 0.6 is 0 Å². The smallest absolute Gasteiger partial charge is 0.244 e. The Labute approximate surface area is 114 Å². The van der Waals surface area contributed by atoms with Crippen LogP contribution in [0, 0.1) is 5.41 Å². The van der Waals surface area contributed by atoms with Crippen molar-refractivity contribution in [2.45, 2.75) is 46.1 Å². The van der Waals surface area contributed by atoms with E-state index in [-0.39, 0.29) is 18.4 Å². The summed E-state index contributed by atoms with van der Waals surface area (Å²) in [7, 11) is 0. The Balaban J connectivity index is 1.89. The molecule has 0 bridgehead atoms. The van der Waals surface area contributed by atoms with Crippen LogP contribution in [0.1, 0.15) is 39.5 Å². The second-order valence-electron chi connectivity index (χ2n) is 5.39. The number of nitrogens with two attached hydrogens (primary N) is 1. The summed E-state index contributed by atoms with van der Waals surface area (Å²) in [5.74, 6) is 0.313. The van der Waals surface area contributed by atoms with E-state index in [9.17, 15) is 4.79 Å². The van der Waals surface area contributed by atoms with Crippen molar-refractivity contribution in [1.82, 2.24) is 19.7 Å². The van der Waals surface area contributed by atoms with Gasteiger partial charge in [-0.1, -0.05) is 26.7 Å². The molecule has 0 atom stereocenters. The number of aromatic nitrogens is 3. The molecule has 2 heterocycles. The van der Waals surface area contributed by atoms with E-state index < -0.39 is 0 Å².